The van der Waals surface area contributed by atoms with Gasteiger partial charge >= 0.3 is 0 Å². The maximum Gasteiger partial charge on any atom is 0.0816 e. The van der Waals surface area contributed by atoms with Gasteiger partial charge in [-0.2, -0.15) is 0 Å². The van der Waals surface area contributed by atoms with E-state index in [1.807, 2.05) is 12.1 Å². The molecule has 2 rings (SSSR count). The van der Waals surface area contributed by atoms with Gasteiger partial charge in [-0.05, 0) is 42.4 Å². The molecule has 1 saturated carbocycles. The van der Waals surface area contributed by atoms with E-state index < -0.39 is 0 Å². The minimum Gasteiger partial charge on any atom is -0.388 e. The van der Waals surface area contributed by atoms with E-state index in [0.29, 0.717) is 5.92 Å². The SMILES string of the molecule is CCC(C)C(O)c1cccc(NCC2CCCCC2)c1. The summed E-state index contributed by atoms with van der Waals surface area (Å²) >= 11 is 0. The van der Waals surface area contributed by atoms with Gasteiger partial charge in [-0.1, -0.05) is 51.7 Å². The normalized spacial score (nSPS) is 19.6. The van der Waals surface area contributed by atoms with Crippen LogP contribution in [0.1, 0.15) is 64.0 Å². The third-order valence-electron chi connectivity index (χ3n) is 4.73. The van der Waals surface area contributed by atoms with Gasteiger partial charge in [0, 0.05) is 12.2 Å². The average Bonchev–Trinajstić information content (AvgIpc) is 2.52. The van der Waals surface area contributed by atoms with Crippen molar-refractivity contribution >= 4 is 5.69 Å². The molecule has 1 aromatic rings. The molecular formula is C18H29NO. The number of aliphatic hydroxyl groups excluding tert-OH is 1. The first-order chi connectivity index (χ1) is 9.70. The Morgan fingerprint density at radius 2 is 2.00 bits per heavy atom. The van der Waals surface area contributed by atoms with Gasteiger partial charge in [-0.3, -0.25) is 0 Å². The molecule has 1 fully saturated rings. The predicted octanol–water partition coefficient (Wildman–Crippen LogP) is 4.76. The van der Waals surface area contributed by atoms with Crippen molar-refractivity contribution in [1.29, 1.82) is 0 Å². The van der Waals surface area contributed by atoms with Crippen LogP contribution in [0.3, 0.4) is 0 Å². The second-order valence-electron chi connectivity index (χ2n) is 6.34. The highest BCUT2D eigenvalue weighted by Gasteiger charge is 2.16. The zero-order valence-corrected chi connectivity index (χ0v) is 12.9. The summed E-state index contributed by atoms with van der Waals surface area (Å²) in [5.74, 6) is 1.13. The lowest BCUT2D eigenvalue weighted by Gasteiger charge is -2.23. The number of anilines is 1. The van der Waals surface area contributed by atoms with Crippen LogP contribution in [0, 0.1) is 11.8 Å². The second kappa shape index (κ2) is 7.68. The maximum atomic E-state index is 10.3. The second-order valence-corrected chi connectivity index (χ2v) is 6.34. The van der Waals surface area contributed by atoms with Crippen LogP contribution in [0.15, 0.2) is 24.3 Å². The van der Waals surface area contributed by atoms with Gasteiger partial charge in [-0.15, -0.1) is 0 Å². The van der Waals surface area contributed by atoms with Crippen LogP contribution in [-0.2, 0) is 0 Å². The summed E-state index contributed by atoms with van der Waals surface area (Å²) in [5, 5.41) is 13.9. The van der Waals surface area contributed by atoms with Crippen molar-refractivity contribution in [2.45, 2.75) is 58.5 Å². The fraction of sp³-hybridized carbons (Fsp3) is 0.667. The standard InChI is InChI=1S/C18H29NO/c1-3-14(2)18(20)16-10-7-11-17(12-16)19-13-15-8-5-4-6-9-15/h7,10-12,14-15,18-20H,3-6,8-9,13H2,1-2H3. The minimum absolute atomic E-state index is 0.309. The predicted molar refractivity (Wildman–Crippen MR) is 85.9 cm³/mol. The molecule has 0 amide bonds. The lowest BCUT2D eigenvalue weighted by molar-refractivity contribution is 0.115. The molecule has 2 unspecified atom stereocenters. The zero-order valence-electron chi connectivity index (χ0n) is 12.9. The Hall–Kier alpha value is -1.02. The van der Waals surface area contributed by atoms with E-state index in [2.05, 4.69) is 31.3 Å². The molecule has 2 atom stereocenters. The number of rotatable bonds is 6. The van der Waals surface area contributed by atoms with Gasteiger partial charge in [0.2, 0.25) is 0 Å². The Labute approximate surface area is 123 Å². The third kappa shape index (κ3) is 4.24. The smallest absolute Gasteiger partial charge is 0.0816 e. The average molecular weight is 275 g/mol. The molecule has 2 N–H and O–H groups in total. The highest BCUT2D eigenvalue weighted by Crippen LogP contribution is 2.27. The number of hydrogen-bond acceptors (Lipinski definition) is 2. The maximum absolute atomic E-state index is 10.3. The van der Waals surface area contributed by atoms with Gasteiger partial charge in [0.25, 0.3) is 0 Å². The molecule has 20 heavy (non-hydrogen) atoms. The molecule has 2 heteroatoms. The van der Waals surface area contributed by atoms with Gasteiger partial charge in [0.15, 0.2) is 0 Å². The van der Waals surface area contributed by atoms with E-state index in [4.69, 9.17) is 0 Å². The van der Waals surface area contributed by atoms with E-state index in [9.17, 15) is 5.11 Å². The number of hydrogen-bond donors (Lipinski definition) is 2. The largest absolute Gasteiger partial charge is 0.388 e. The van der Waals surface area contributed by atoms with E-state index in [1.54, 1.807) is 0 Å². The van der Waals surface area contributed by atoms with E-state index >= 15 is 0 Å². The first-order valence-electron chi connectivity index (χ1n) is 8.22. The summed E-state index contributed by atoms with van der Waals surface area (Å²) in [6.45, 7) is 5.30. The molecule has 0 aromatic heterocycles. The van der Waals surface area contributed by atoms with Crippen LogP contribution in [0.25, 0.3) is 0 Å². The Morgan fingerprint density at radius 1 is 1.25 bits per heavy atom. The van der Waals surface area contributed by atoms with Gasteiger partial charge in [-0.25, -0.2) is 0 Å². The Morgan fingerprint density at radius 3 is 2.70 bits per heavy atom. The monoisotopic (exact) mass is 275 g/mol. The Bertz CT molecular complexity index is 398. The molecule has 0 aliphatic heterocycles. The minimum atomic E-state index is -0.351. The van der Waals surface area contributed by atoms with Crippen molar-refractivity contribution < 1.29 is 5.11 Å². The molecule has 1 aromatic carbocycles. The summed E-state index contributed by atoms with van der Waals surface area (Å²) in [5.41, 5.74) is 2.18. The van der Waals surface area contributed by atoms with Crippen molar-refractivity contribution in [2.75, 3.05) is 11.9 Å². The van der Waals surface area contributed by atoms with Gasteiger partial charge in [0.05, 0.1) is 6.10 Å². The Kier molecular flexibility index (Phi) is 5.90. The molecule has 2 nitrogen and oxygen atoms in total. The number of benzene rings is 1. The summed E-state index contributed by atoms with van der Waals surface area (Å²) in [6, 6.07) is 8.29. The Balaban J connectivity index is 1.91. The van der Waals surface area contributed by atoms with Crippen molar-refractivity contribution in [3.8, 4) is 0 Å². The van der Waals surface area contributed by atoms with Crippen molar-refractivity contribution in [1.82, 2.24) is 0 Å². The van der Waals surface area contributed by atoms with Crippen LogP contribution in [-0.4, -0.2) is 11.7 Å². The summed E-state index contributed by atoms with van der Waals surface area (Å²) in [4.78, 5) is 0. The fourth-order valence-corrected chi connectivity index (χ4v) is 3.04. The molecule has 0 spiro atoms. The zero-order chi connectivity index (χ0) is 14.4. The van der Waals surface area contributed by atoms with Crippen LogP contribution in [0.2, 0.25) is 0 Å². The first-order valence-corrected chi connectivity index (χ1v) is 8.22. The van der Waals surface area contributed by atoms with Crippen molar-refractivity contribution in [3.05, 3.63) is 29.8 Å². The third-order valence-corrected chi connectivity index (χ3v) is 4.73. The quantitative estimate of drug-likeness (QED) is 0.784. The molecule has 0 saturated heterocycles. The molecular weight excluding hydrogens is 246 g/mol. The summed E-state index contributed by atoms with van der Waals surface area (Å²) in [7, 11) is 0. The number of aliphatic hydroxyl groups is 1. The van der Waals surface area contributed by atoms with E-state index in [1.165, 1.54) is 32.1 Å². The molecule has 1 aliphatic carbocycles. The summed E-state index contributed by atoms with van der Waals surface area (Å²) in [6.07, 6.45) is 7.56. The van der Waals surface area contributed by atoms with E-state index in [0.717, 1.165) is 30.1 Å². The topological polar surface area (TPSA) is 32.3 Å². The first kappa shape index (κ1) is 15.4. The molecule has 0 radical (unpaired) electrons. The van der Waals surface area contributed by atoms with Crippen molar-refractivity contribution in [2.24, 2.45) is 11.8 Å². The van der Waals surface area contributed by atoms with Gasteiger partial charge in [0.1, 0.15) is 0 Å². The van der Waals surface area contributed by atoms with E-state index in [-0.39, 0.29) is 6.10 Å². The summed E-state index contributed by atoms with van der Waals surface area (Å²) < 4.78 is 0. The molecule has 112 valence electrons. The highest BCUT2D eigenvalue weighted by molar-refractivity contribution is 5.46. The van der Waals surface area contributed by atoms with Crippen LogP contribution in [0.5, 0.6) is 0 Å². The molecule has 0 bridgehead atoms. The lowest BCUT2D eigenvalue weighted by Crippen LogP contribution is -2.17. The number of nitrogens with one attached hydrogen (secondary N) is 1. The van der Waals surface area contributed by atoms with Crippen molar-refractivity contribution in [3.63, 3.8) is 0 Å². The van der Waals surface area contributed by atoms with Crippen LogP contribution < -0.4 is 5.32 Å². The molecule has 1 aliphatic rings. The highest BCUT2D eigenvalue weighted by atomic mass is 16.3. The molecule has 0 heterocycles. The lowest BCUT2D eigenvalue weighted by atomic mass is 9.89. The van der Waals surface area contributed by atoms with Crippen LogP contribution in [0.4, 0.5) is 5.69 Å². The fourth-order valence-electron chi connectivity index (χ4n) is 3.04. The van der Waals surface area contributed by atoms with Gasteiger partial charge < -0.3 is 10.4 Å². The van der Waals surface area contributed by atoms with Crippen LogP contribution >= 0.6 is 0 Å².